The van der Waals surface area contributed by atoms with Gasteiger partial charge < -0.3 is 20.1 Å². The summed E-state index contributed by atoms with van der Waals surface area (Å²) in [6.07, 6.45) is 5.50. The van der Waals surface area contributed by atoms with E-state index < -0.39 is 0 Å². The van der Waals surface area contributed by atoms with E-state index in [9.17, 15) is 4.79 Å². The molecule has 1 heterocycles. The van der Waals surface area contributed by atoms with Crippen LogP contribution in [0.2, 0.25) is 0 Å². The van der Waals surface area contributed by atoms with Gasteiger partial charge in [-0.15, -0.1) is 12.4 Å². The van der Waals surface area contributed by atoms with Crippen LogP contribution in [0.1, 0.15) is 57.6 Å². The van der Waals surface area contributed by atoms with Crippen molar-refractivity contribution in [2.75, 3.05) is 26.8 Å². The first kappa shape index (κ1) is 21.8. The average Bonchev–Trinajstić information content (AvgIpc) is 3.11. The summed E-state index contributed by atoms with van der Waals surface area (Å²) in [5.74, 6) is 2.14. The Labute approximate surface area is 169 Å². The predicted octanol–water partition coefficient (Wildman–Crippen LogP) is 3.86. The number of carbonyl (C=O) groups is 1. The molecule has 1 aliphatic carbocycles. The quantitative estimate of drug-likeness (QED) is 0.734. The largest absolute Gasteiger partial charge is 0.493 e. The molecular formula is C21H33ClN2O3. The van der Waals surface area contributed by atoms with E-state index in [-0.39, 0.29) is 29.8 Å². The minimum absolute atomic E-state index is 0. The first-order valence-corrected chi connectivity index (χ1v) is 9.93. The molecule has 3 rings (SSSR count). The summed E-state index contributed by atoms with van der Waals surface area (Å²) in [5, 5.41) is 6.71. The maximum absolute atomic E-state index is 13.1. The molecule has 1 aromatic carbocycles. The van der Waals surface area contributed by atoms with Crippen molar-refractivity contribution in [1.29, 1.82) is 0 Å². The van der Waals surface area contributed by atoms with E-state index in [1.165, 1.54) is 6.42 Å². The zero-order valence-electron chi connectivity index (χ0n) is 16.7. The fraction of sp³-hybridized carbons (Fsp3) is 0.667. The number of fused-ring (bicyclic) bond motifs is 1. The highest BCUT2D eigenvalue weighted by atomic mass is 35.5. The number of ether oxygens (including phenoxy) is 2. The maximum Gasteiger partial charge on any atom is 0.228 e. The molecule has 5 nitrogen and oxygen atoms in total. The summed E-state index contributed by atoms with van der Waals surface area (Å²) in [6.45, 7) is 6.56. The highest BCUT2D eigenvalue weighted by molar-refractivity contribution is 5.85. The lowest BCUT2D eigenvalue weighted by atomic mass is 9.67. The van der Waals surface area contributed by atoms with E-state index in [4.69, 9.17) is 9.47 Å². The maximum atomic E-state index is 13.1. The van der Waals surface area contributed by atoms with Gasteiger partial charge in [-0.3, -0.25) is 4.79 Å². The first-order chi connectivity index (χ1) is 12.6. The van der Waals surface area contributed by atoms with Crippen LogP contribution in [0.3, 0.4) is 0 Å². The zero-order chi connectivity index (χ0) is 18.6. The second-order valence-electron chi connectivity index (χ2n) is 7.68. The Bertz CT molecular complexity index is 640. The van der Waals surface area contributed by atoms with Gasteiger partial charge in [0.25, 0.3) is 0 Å². The lowest BCUT2D eigenvalue weighted by molar-refractivity contribution is -0.134. The van der Waals surface area contributed by atoms with Gasteiger partial charge in [0.2, 0.25) is 5.91 Å². The molecule has 1 aliphatic heterocycles. The summed E-state index contributed by atoms with van der Waals surface area (Å²) >= 11 is 0. The van der Waals surface area contributed by atoms with Crippen LogP contribution < -0.4 is 20.1 Å². The number of carbonyl (C=O) groups excluding carboxylic acids is 1. The van der Waals surface area contributed by atoms with Crippen molar-refractivity contribution in [2.45, 2.75) is 52.0 Å². The molecule has 0 radical (unpaired) electrons. The number of hydrogen-bond acceptors (Lipinski definition) is 4. The molecular weight excluding hydrogens is 364 g/mol. The van der Waals surface area contributed by atoms with Crippen molar-refractivity contribution >= 4 is 18.3 Å². The second kappa shape index (κ2) is 9.65. The van der Waals surface area contributed by atoms with E-state index in [0.29, 0.717) is 18.3 Å². The molecule has 152 valence electrons. The van der Waals surface area contributed by atoms with Crippen molar-refractivity contribution in [3.63, 3.8) is 0 Å². The molecule has 1 amide bonds. The van der Waals surface area contributed by atoms with E-state index in [0.717, 1.165) is 50.1 Å². The second-order valence-corrected chi connectivity index (χ2v) is 7.68. The number of rotatable bonds is 7. The lowest BCUT2D eigenvalue weighted by Crippen LogP contribution is -2.48. The van der Waals surface area contributed by atoms with Gasteiger partial charge in [-0.1, -0.05) is 25.8 Å². The Morgan fingerprint density at radius 3 is 2.93 bits per heavy atom. The number of amides is 1. The Morgan fingerprint density at radius 2 is 2.19 bits per heavy atom. The Hall–Kier alpha value is -1.46. The average molecular weight is 397 g/mol. The summed E-state index contributed by atoms with van der Waals surface area (Å²) in [7, 11) is 1.65. The van der Waals surface area contributed by atoms with Gasteiger partial charge in [0.1, 0.15) is 0 Å². The minimum Gasteiger partial charge on any atom is -0.493 e. The van der Waals surface area contributed by atoms with Crippen molar-refractivity contribution in [3.05, 3.63) is 23.8 Å². The van der Waals surface area contributed by atoms with Gasteiger partial charge in [0.15, 0.2) is 11.5 Å². The lowest BCUT2D eigenvalue weighted by Gasteiger charge is -2.38. The molecule has 1 unspecified atom stereocenters. The van der Waals surface area contributed by atoms with Gasteiger partial charge in [-0.25, -0.2) is 0 Å². The SMILES string of the molecule is CCCOc1ccc(C(C)NC(=O)[C@@]23CCCC[C@H]2CNC3)cc1OC.Cl. The Morgan fingerprint density at radius 1 is 1.37 bits per heavy atom. The van der Waals surface area contributed by atoms with E-state index in [2.05, 4.69) is 17.6 Å². The molecule has 1 saturated carbocycles. The van der Waals surface area contributed by atoms with Gasteiger partial charge in [0.05, 0.1) is 25.2 Å². The molecule has 3 atom stereocenters. The molecule has 27 heavy (non-hydrogen) atoms. The Balaban J connectivity index is 0.00000261. The van der Waals surface area contributed by atoms with Crippen LogP contribution in [0.15, 0.2) is 18.2 Å². The van der Waals surface area contributed by atoms with Crippen molar-refractivity contribution < 1.29 is 14.3 Å². The summed E-state index contributed by atoms with van der Waals surface area (Å²) in [5.41, 5.74) is 0.814. The zero-order valence-corrected chi connectivity index (χ0v) is 17.5. The smallest absolute Gasteiger partial charge is 0.228 e. The monoisotopic (exact) mass is 396 g/mol. The summed E-state index contributed by atoms with van der Waals surface area (Å²) in [6, 6.07) is 5.86. The van der Waals surface area contributed by atoms with Crippen molar-refractivity contribution in [2.24, 2.45) is 11.3 Å². The number of nitrogens with one attached hydrogen (secondary N) is 2. The number of benzene rings is 1. The number of halogens is 1. The normalized spacial score (nSPS) is 25.1. The van der Waals surface area contributed by atoms with Crippen molar-refractivity contribution in [3.8, 4) is 11.5 Å². The molecule has 2 aliphatic rings. The van der Waals surface area contributed by atoms with E-state index >= 15 is 0 Å². The molecule has 6 heteroatoms. The van der Waals surface area contributed by atoms with E-state index in [1.54, 1.807) is 7.11 Å². The number of methoxy groups -OCH3 is 1. The van der Waals surface area contributed by atoms with Crippen LogP contribution in [0.5, 0.6) is 11.5 Å². The number of hydrogen-bond donors (Lipinski definition) is 2. The highest BCUT2D eigenvalue weighted by Gasteiger charge is 2.49. The Kier molecular flexibility index (Phi) is 7.80. The third kappa shape index (κ3) is 4.52. The predicted molar refractivity (Wildman–Crippen MR) is 110 cm³/mol. The molecule has 0 spiro atoms. The van der Waals surface area contributed by atoms with Crippen LogP contribution in [0.4, 0.5) is 0 Å². The molecule has 0 aromatic heterocycles. The summed E-state index contributed by atoms with van der Waals surface area (Å²) in [4.78, 5) is 13.1. The first-order valence-electron chi connectivity index (χ1n) is 9.93. The third-order valence-corrected chi connectivity index (χ3v) is 5.99. The van der Waals surface area contributed by atoms with Crippen LogP contribution >= 0.6 is 12.4 Å². The van der Waals surface area contributed by atoms with Crippen LogP contribution in [0, 0.1) is 11.3 Å². The molecule has 1 aromatic rings. The molecule has 2 fully saturated rings. The standard InChI is InChI=1S/C21H32N2O3.ClH/c1-4-11-26-18-9-8-16(12-19(18)25-3)15(2)23-20(24)21-10-6-5-7-17(21)13-22-14-21;/h8-9,12,15,17,22H,4-7,10-11,13-14H2,1-3H3,(H,23,24);1H/t15?,17-,21+;/m0./s1. The van der Waals surface area contributed by atoms with Crippen LogP contribution in [-0.4, -0.2) is 32.7 Å². The third-order valence-electron chi connectivity index (χ3n) is 5.99. The highest BCUT2D eigenvalue weighted by Crippen LogP contribution is 2.44. The van der Waals surface area contributed by atoms with Crippen molar-refractivity contribution in [1.82, 2.24) is 10.6 Å². The fourth-order valence-electron chi connectivity index (χ4n) is 4.40. The molecule has 1 saturated heterocycles. The van der Waals surface area contributed by atoms with Gasteiger partial charge in [-0.05, 0) is 56.3 Å². The minimum atomic E-state index is -0.221. The summed E-state index contributed by atoms with van der Waals surface area (Å²) < 4.78 is 11.2. The van der Waals surface area contributed by atoms with Crippen LogP contribution in [0.25, 0.3) is 0 Å². The molecule has 0 bridgehead atoms. The van der Waals surface area contributed by atoms with Gasteiger partial charge >= 0.3 is 0 Å². The van der Waals surface area contributed by atoms with Crippen LogP contribution in [-0.2, 0) is 4.79 Å². The van der Waals surface area contributed by atoms with Gasteiger partial charge in [-0.2, -0.15) is 0 Å². The molecule has 2 N–H and O–H groups in total. The fourth-order valence-corrected chi connectivity index (χ4v) is 4.40. The van der Waals surface area contributed by atoms with E-state index in [1.807, 2.05) is 25.1 Å². The van der Waals surface area contributed by atoms with Gasteiger partial charge in [0, 0.05) is 6.54 Å². The topological polar surface area (TPSA) is 59.6 Å².